The third-order valence-electron chi connectivity index (χ3n) is 4.89. The normalized spacial score (nSPS) is 20.7. The summed E-state index contributed by atoms with van der Waals surface area (Å²) in [6.07, 6.45) is 2.42. The first-order chi connectivity index (χ1) is 12.7. The highest BCUT2D eigenvalue weighted by molar-refractivity contribution is 14.0. The summed E-state index contributed by atoms with van der Waals surface area (Å²) in [6, 6.07) is 8.86. The Balaban J connectivity index is 0.00000364. The van der Waals surface area contributed by atoms with Crippen molar-refractivity contribution >= 4 is 29.9 Å². The molecule has 1 aromatic rings. The van der Waals surface area contributed by atoms with Crippen LogP contribution in [0.3, 0.4) is 0 Å². The molecular formula is C20H35IN4O2. The first-order valence-corrected chi connectivity index (χ1v) is 9.54. The summed E-state index contributed by atoms with van der Waals surface area (Å²) in [5, 5.41) is 6.64. The molecule has 1 fully saturated rings. The van der Waals surface area contributed by atoms with E-state index >= 15 is 0 Å². The Bertz CT molecular complexity index is 553. The molecule has 0 saturated carbocycles. The third-order valence-corrected chi connectivity index (χ3v) is 4.89. The lowest BCUT2D eigenvalue weighted by atomic mass is 9.85. The number of hydrogen-bond acceptors (Lipinski definition) is 4. The molecule has 1 heterocycles. The number of hydrogen-bond donors (Lipinski definition) is 2. The number of nitrogens with zero attached hydrogens (tertiary/aromatic N) is 2. The van der Waals surface area contributed by atoms with Crippen LogP contribution in [0.5, 0.6) is 5.75 Å². The maximum absolute atomic E-state index is 5.30. The summed E-state index contributed by atoms with van der Waals surface area (Å²) in [6.45, 7) is 6.31. The summed E-state index contributed by atoms with van der Waals surface area (Å²) in [5.41, 5.74) is 1.34. The molecule has 0 radical (unpaired) electrons. The second-order valence-corrected chi connectivity index (χ2v) is 6.74. The molecule has 154 valence electrons. The highest BCUT2D eigenvalue weighted by Gasteiger charge is 2.30. The number of methoxy groups -OCH3 is 2. The Morgan fingerprint density at radius 3 is 2.59 bits per heavy atom. The third kappa shape index (κ3) is 7.46. The van der Waals surface area contributed by atoms with Gasteiger partial charge in [-0.2, -0.15) is 0 Å². The molecule has 2 N–H and O–H groups in total. The minimum atomic E-state index is 0. The summed E-state index contributed by atoms with van der Waals surface area (Å²) < 4.78 is 10.4. The van der Waals surface area contributed by atoms with E-state index in [0.29, 0.717) is 18.6 Å². The Kier molecular flexibility index (Phi) is 11.7. The smallest absolute Gasteiger partial charge is 0.191 e. The monoisotopic (exact) mass is 490 g/mol. The predicted octanol–water partition coefficient (Wildman–Crippen LogP) is 2.90. The zero-order chi connectivity index (χ0) is 18.8. The molecule has 1 aliphatic heterocycles. The predicted molar refractivity (Wildman–Crippen MR) is 122 cm³/mol. The van der Waals surface area contributed by atoms with Crippen LogP contribution in [-0.2, 0) is 4.74 Å². The number of ether oxygens (including phenoxy) is 2. The number of guanidine groups is 1. The number of piperidine rings is 1. The second-order valence-electron chi connectivity index (χ2n) is 6.74. The molecule has 2 unspecified atom stereocenters. The molecule has 0 spiro atoms. The van der Waals surface area contributed by atoms with Gasteiger partial charge in [0.05, 0.1) is 13.7 Å². The van der Waals surface area contributed by atoms with Gasteiger partial charge in [0, 0.05) is 32.8 Å². The van der Waals surface area contributed by atoms with Crippen LogP contribution in [0.15, 0.2) is 29.3 Å². The molecule has 1 aromatic carbocycles. The van der Waals surface area contributed by atoms with Gasteiger partial charge < -0.3 is 20.1 Å². The molecule has 0 bridgehead atoms. The van der Waals surface area contributed by atoms with E-state index in [0.717, 1.165) is 37.9 Å². The lowest BCUT2D eigenvalue weighted by Gasteiger charge is -2.39. The molecule has 1 saturated heterocycles. The second kappa shape index (κ2) is 13.2. The Hall–Kier alpha value is -1.06. The molecule has 0 amide bonds. The van der Waals surface area contributed by atoms with Crippen LogP contribution >= 0.6 is 24.0 Å². The van der Waals surface area contributed by atoms with Crippen LogP contribution in [0.2, 0.25) is 0 Å². The molecule has 6 nitrogen and oxygen atoms in total. The van der Waals surface area contributed by atoms with Crippen molar-refractivity contribution in [2.45, 2.75) is 25.8 Å². The minimum Gasteiger partial charge on any atom is -0.497 e. The molecule has 2 atom stereocenters. The van der Waals surface area contributed by atoms with Crippen molar-refractivity contribution in [1.29, 1.82) is 0 Å². The van der Waals surface area contributed by atoms with Gasteiger partial charge in [0.25, 0.3) is 0 Å². The molecule has 0 aromatic heterocycles. The van der Waals surface area contributed by atoms with Gasteiger partial charge in [-0.15, -0.1) is 24.0 Å². The Morgan fingerprint density at radius 1 is 1.22 bits per heavy atom. The molecule has 7 heteroatoms. The maximum atomic E-state index is 5.30. The van der Waals surface area contributed by atoms with Gasteiger partial charge in [-0.3, -0.25) is 9.89 Å². The number of aliphatic imine (C=N–C) groups is 1. The van der Waals surface area contributed by atoms with E-state index in [1.165, 1.54) is 18.4 Å². The zero-order valence-corrected chi connectivity index (χ0v) is 19.4. The van der Waals surface area contributed by atoms with Crippen molar-refractivity contribution in [2.75, 3.05) is 54.1 Å². The van der Waals surface area contributed by atoms with Crippen LogP contribution in [0.4, 0.5) is 0 Å². The van der Waals surface area contributed by atoms with Gasteiger partial charge >= 0.3 is 0 Å². The van der Waals surface area contributed by atoms with E-state index in [-0.39, 0.29) is 24.0 Å². The van der Waals surface area contributed by atoms with Crippen LogP contribution < -0.4 is 15.4 Å². The van der Waals surface area contributed by atoms with Gasteiger partial charge in [-0.25, -0.2) is 0 Å². The molecule has 27 heavy (non-hydrogen) atoms. The maximum Gasteiger partial charge on any atom is 0.191 e. The highest BCUT2D eigenvalue weighted by atomic mass is 127. The van der Waals surface area contributed by atoms with Gasteiger partial charge in [-0.1, -0.05) is 12.1 Å². The summed E-state index contributed by atoms with van der Waals surface area (Å²) in [4.78, 5) is 7.30. The van der Waals surface area contributed by atoms with Gasteiger partial charge in [-0.05, 0) is 57.0 Å². The summed E-state index contributed by atoms with van der Waals surface area (Å²) in [5.74, 6) is 2.27. The number of nitrogens with one attached hydrogen (secondary N) is 2. The van der Waals surface area contributed by atoms with Gasteiger partial charge in [0.2, 0.25) is 0 Å². The van der Waals surface area contributed by atoms with E-state index in [1.807, 2.05) is 0 Å². The van der Waals surface area contributed by atoms with Crippen molar-refractivity contribution in [1.82, 2.24) is 15.5 Å². The summed E-state index contributed by atoms with van der Waals surface area (Å²) in [7, 11) is 5.63. The van der Waals surface area contributed by atoms with Crippen molar-refractivity contribution < 1.29 is 9.47 Å². The van der Waals surface area contributed by atoms with Crippen LogP contribution in [0, 0.1) is 5.92 Å². The lowest BCUT2D eigenvalue weighted by Crippen LogP contribution is -2.41. The average molecular weight is 490 g/mol. The number of likely N-dealkylation sites (tertiary alicyclic amines) is 1. The SMILES string of the molecule is CCNC(=NCC1CCCN(C)C1c1ccc(OC)cc1)NCCOC.I. The number of benzene rings is 1. The first kappa shape index (κ1) is 24.0. The standard InChI is InChI=1S/C20H34N4O2.HI/c1-5-21-20(22-12-14-25-3)23-15-17-7-6-13-24(2)19(17)16-8-10-18(26-4)11-9-16;/h8-11,17,19H,5-7,12-15H2,1-4H3,(H2,21,22,23);1H. The van der Waals surface area contributed by atoms with Crippen molar-refractivity contribution in [3.8, 4) is 5.75 Å². The van der Waals surface area contributed by atoms with E-state index in [4.69, 9.17) is 14.5 Å². The van der Waals surface area contributed by atoms with Crippen molar-refractivity contribution in [3.05, 3.63) is 29.8 Å². The average Bonchev–Trinajstić information content (AvgIpc) is 2.66. The van der Waals surface area contributed by atoms with Gasteiger partial charge in [0.15, 0.2) is 5.96 Å². The van der Waals surface area contributed by atoms with Crippen LogP contribution in [0.1, 0.15) is 31.4 Å². The fraction of sp³-hybridized carbons (Fsp3) is 0.650. The fourth-order valence-electron chi connectivity index (χ4n) is 3.60. The molecular weight excluding hydrogens is 455 g/mol. The molecule has 0 aliphatic carbocycles. The molecule has 1 aliphatic rings. The first-order valence-electron chi connectivity index (χ1n) is 9.54. The van der Waals surface area contributed by atoms with E-state index in [2.05, 4.69) is 53.8 Å². The number of rotatable bonds is 8. The number of halogens is 1. The topological polar surface area (TPSA) is 58.1 Å². The van der Waals surface area contributed by atoms with E-state index in [9.17, 15) is 0 Å². The lowest BCUT2D eigenvalue weighted by molar-refractivity contribution is 0.125. The van der Waals surface area contributed by atoms with Crippen molar-refractivity contribution in [3.63, 3.8) is 0 Å². The largest absolute Gasteiger partial charge is 0.497 e. The van der Waals surface area contributed by atoms with Crippen LogP contribution in [0.25, 0.3) is 0 Å². The fourth-order valence-corrected chi connectivity index (χ4v) is 3.60. The molecule has 2 rings (SSSR count). The Labute approximate surface area is 181 Å². The minimum absolute atomic E-state index is 0. The summed E-state index contributed by atoms with van der Waals surface area (Å²) >= 11 is 0. The zero-order valence-electron chi connectivity index (χ0n) is 17.0. The Morgan fingerprint density at radius 2 is 1.96 bits per heavy atom. The quantitative estimate of drug-likeness (QED) is 0.254. The van der Waals surface area contributed by atoms with E-state index < -0.39 is 0 Å². The van der Waals surface area contributed by atoms with E-state index in [1.54, 1.807) is 14.2 Å². The van der Waals surface area contributed by atoms with Gasteiger partial charge in [0.1, 0.15) is 5.75 Å². The van der Waals surface area contributed by atoms with Crippen molar-refractivity contribution in [2.24, 2.45) is 10.9 Å². The highest BCUT2D eigenvalue weighted by Crippen LogP contribution is 2.35. The van der Waals surface area contributed by atoms with Crippen LogP contribution in [-0.4, -0.2) is 64.9 Å².